The van der Waals surface area contributed by atoms with Crippen LogP contribution >= 0.6 is 0 Å². The molecule has 1 saturated carbocycles. The van der Waals surface area contributed by atoms with E-state index in [1.807, 2.05) is 13.8 Å². The van der Waals surface area contributed by atoms with Gasteiger partial charge in [0.2, 0.25) is 11.7 Å². The van der Waals surface area contributed by atoms with Crippen LogP contribution in [0.5, 0.6) is 0 Å². The lowest BCUT2D eigenvalue weighted by atomic mass is 10.1. The number of carbonyl (C=O) groups is 1. The average molecular weight is 254 g/mol. The van der Waals surface area contributed by atoms with Gasteiger partial charge in [-0.15, -0.1) is 0 Å². The van der Waals surface area contributed by atoms with Crippen molar-refractivity contribution < 1.29 is 18.8 Å². The lowest BCUT2D eigenvalue weighted by Crippen LogP contribution is -2.25. The van der Waals surface area contributed by atoms with Crippen molar-refractivity contribution in [2.45, 2.75) is 44.6 Å². The molecule has 0 bridgehead atoms. The Morgan fingerprint density at radius 2 is 2.17 bits per heavy atom. The predicted octanol–water partition coefficient (Wildman–Crippen LogP) is 1.55. The molecule has 0 aromatic carbocycles. The maximum atomic E-state index is 11.9. The second kappa shape index (κ2) is 4.35. The van der Waals surface area contributed by atoms with Gasteiger partial charge >= 0.3 is 5.97 Å². The molecule has 1 aliphatic rings. The van der Waals surface area contributed by atoms with E-state index in [1.54, 1.807) is 14.0 Å². The van der Waals surface area contributed by atoms with Gasteiger partial charge in [-0.1, -0.05) is 5.16 Å². The fraction of sp³-hybridized carbons (Fsp3) is 0.750. The van der Waals surface area contributed by atoms with Crippen LogP contribution in [0.2, 0.25) is 0 Å². The topological polar surface area (TPSA) is 74.5 Å². The SMILES string of the molecule is CCOC(=O)C1(c2nc(C(C)(C)OC)no2)CC1. The molecule has 0 atom stereocenters. The normalized spacial score (nSPS) is 17.6. The van der Waals surface area contributed by atoms with Gasteiger partial charge in [0.25, 0.3) is 0 Å². The minimum Gasteiger partial charge on any atom is -0.465 e. The molecule has 1 fully saturated rings. The number of aromatic nitrogens is 2. The fourth-order valence-electron chi connectivity index (χ4n) is 1.65. The van der Waals surface area contributed by atoms with Gasteiger partial charge in [0.15, 0.2) is 0 Å². The standard InChI is InChI=1S/C12H18N2O4/c1-5-17-10(15)12(6-7-12)9-13-8(14-18-9)11(2,3)16-4/h5-7H2,1-4H3. The number of esters is 1. The lowest BCUT2D eigenvalue weighted by Gasteiger charge is -2.17. The first-order valence-electron chi connectivity index (χ1n) is 6.03. The summed E-state index contributed by atoms with van der Waals surface area (Å²) in [5.41, 5.74) is -1.35. The highest BCUT2D eigenvalue weighted by molar-refractivity contribution is 5.85. The van der Waals surface area contributed by atoms with E-state index in [0.717, 1.165) is 0 Å². The maximum Gasteiger partial charge on any atom is 0.321 e. The Kier molecular flexibility index (Phi) is 3.14. The zero-order valence-corrected chi connectivity index (χ0v) is 11.1. The smallest absolute Gasteiger partial charge is 0.321 e. The molecule has 2 rings (SSSR count). The van der Waals surface area contributed by atoms with E-state index in [-0.39, 0.29) is 5.97 Å². The predicted molar refractivity (Wildman–Crippen MR) is 61.9 cm³/mol. The zero-order valence-electron chi connectivity index (χ0n) is 11.1. The highest BCUT2D eigenvalue weighted by Crippen LogP contribution is 2.48. The second-order valence-corrected chi connectivity index (χ2v) is 4.94. The van der Waals surface area contributed by atoms with Crippen molar-refractivity contribution in [3.63, 3.8) is 0 Å². The van der Waals surface area contributed by atoms with Crippen molar-refractivity contribution in [1.29, 1.82) is 0 Å². The molecule has 0 unspecified atom stereocenters. The molecule has 1 aliphatic carbocycles. The van der Waals surface area contributed by atoms with Crippen LogP contribution in [0.3, 0.4) is 0 Å². The van der Waals surface area contributed by atoms with Crippen molar-refractivity contribution >= 4 is 5.97 Å². The van der Waals surface area contributed by atoms with Crippen molar-refractivity contribution in [1.82, 2.24) is 10.1 Å². The van der Waals surface area contributed by atoms with E-state index in [2.05, 4.69) is 10.1 Å². The molecule has 100 valence electrons. The fourth-order valence-corrected chi connectivity index (χ4v) is 1.65. The van der Waals surface area contributed by atoms with Crippen molar-refractivity contribution in [2.24, 2.45) is 0 Å². The Balaban J connectivity index is 2.23. The summed E-state index contributed by atoms with van der Waals surface area (Å²) in [5, 5.41) is 3.89. The summed E-state index contributed by atoms with van der Waals surface area (Å²) in [6.07, 6.45) is 1.39. The molecule has 0 radical (unpaired) electrons. The summed E-state index contributed by atoms with van der Waals surface area (Å²) in [5.74, 6) is 0.493. The van der Waals surface area contributed by atoms with Crippen LogP contribution in [0.1, 0.15) is 45.3 Å². The molecule has 1 aromatic rings. The molecular formula is C12H18N2O4. The Labute approximate surface area is 106 Å². The minimum absolute atomic E-state index is 0.282. The van der Waals surface area contributed by atoms with Crippen molar-refractivity contribution in [2.75, 3.05) is 13.7 Å². The molecular weight excluding hydrogens is 236 g/mol. The Hall–Kier alpha value is -1.43. The van der Waals surface area contributed by atoms with Crippen molar-refractivity contribution in [3.05, 3.63) is 11.7 Å². The first-order chi connectivity index (χ1) is 8.46. The van der Waals surface area contributed by atoms with Crippen LogP contribution < -0.4 is 0 Å². The van der Waals surface area contributed by atoms with E-state index in [9.17, 15) is 4.79 Å². The van der Waals surface area contributed by atoms with Gasteiger partial charge in [-0.3, -0.25) is 4.79 Å². The molecule has 0 aliphatic heterocycles. The minimum atomic E-state index is -0.717. The first-order valence-corrected chi connectivity index (χ1v) is 6.03. The van der Waals surface area contributed by atoms with Crippen LogP contribution in [0.4, 0.5) is 0 Å². The Bertz CT molecular complexity index is 449. The van der Waals surface area contributed by atoms with Crippen molar-refractivity contribution in [3.8, 4) is 0 Å². The number of ether oxygens (including phenoxy) is 2. The molecule has 6 heteroatoms. The number of rotatable bonds is 5. The largest absolute Gasteiger partial charge is 0.465 e. The molecule has 18 heavy (non-hydrogen) atoms. The number of carbonyl (C=O) groups excluding carboxylic acids is 1. The summed E-state index contributed by atoms with van der Waals surface area (Å²) in [6, 6.07) is 0. The molecule has 0 spiro atoms. The van der Waals surface area contributed by atoms with E-state index in [1.165, 1.54) is 0 Å². The third-order valence-corrected chi connectivity index (χ3v) is 3.30. The van der Waals surface area contributed by atoms with Gasteiger partial charge in [-0.25, -0.2) is 0 Å². The Morgan fingerprint density at radius 3 is 2.67 bits per heavy atom. The molecule has 6 nitrogen and oxygen atoms in total. The van der Waals surface area contributed by atoms with E-state index in [4.69, 9.17) is 14.0 Å². The third-order valence-electron chi connectivity index (χ3n) is 3.30. The number of methoxy groups -OCH3 is 1. The van der Waals surface area contributed by atoms with Crippen LogP contribution in [0, 0.1) is 0 Å². The quantitative estimate of drug-likeness (QED) is 0.742. The van der Waals surface area contributed by atoms with E-state index < -0.39 is 11.0 Å². The second-order valence-electron chi connectivity index (χ2n) is 4.94. The average Bonchev–Trinajstić information content (AvgIpc) is 3.00. The van der Waals surface area contributed by atoms with Gasteiger partial charge in [-0.05, 0) is 33.6 Å². The maximum absolute atomic E-state index is 11.9. The monoisotopic (exact) mass is 254 g/mol. The van der Waals surface area contributed by atoms with Crippen LogP contribution in [-0.2, 0) is 25.3 Å². The molecule has 1 heterocycles. The van der Waals surface area contributed by atoms with Gasteiger partial charge in [0.05, 0.1) is 6.61 Å². The number of nitrogens with zero attached hydrogens (tertiary/aromatic N) is 2. The molecule has 0 amide bonds. The van der Waals surface area contributed by atoms with Gasteiger partial charge in [0.1, 0.15) is 11.0 Å². The molecule has 0 saturated heterocycles. The summed E-state index contributed by atoms with van der Waals surface area (Å²) in [6.45, 7) is 5.81. The summed E-state index contributed by atoms with van der Waals surface area (Å²) >= 11 is 0. The summed E-state index contributed by atoms with van der Waals surface area (Å²) < 4.78 is 15.5. The Morgan fingerprint density at radius 1 is 1.50 bits per heavy atom. The van der Waals surface area contributed by atoms with Gasteiger partial charge < -0.3 is 14.0 Å². The first kappa shape index (κ1) is 13.0. The number of hydrogen-bond donors (Lipinski definition) is 0. The molecule has 1 aromatic heterocycles. The third kappa shape index (κ3) is 2.01. The van der Waals surface area contributed by atoms with Gasteiger partial charge in [0, 0.05) is 7.11 Å². The highest BCUT2D eigenvalue weighted by Gasteiger charge is 2.58. The van der Waals surface area contributed by atoms with Gasteiger partial charge in [-0.2, -0.15) is 4.98 Å². The lowest BCUT2D eigenvalue weighted by molar-refractivity contribution is -0.146. The van der Waals surface area contributed by atoms with Crippen LogP contribution in [0.15, 0.2) is 4.52 Å². The van der Waals surface area contributed by atoms with E-state index >= 15 is 0 Å². The number of hydrogen-bond acceptors (Lipinski definition) is 6. The summed E-state index contributed by atoms with van der Waals surface area (Å²) in [7, 11) is 1.58. The molecule has 0 N–H and O–H groups in total. The summed E-state index contributed by atoms with van der Waals surface area (Å²) in [4.78, 5) is 16.2. The van der Waals surface area contributed by atoms with E-state index in [0.29, 0.717) is 31.2 Å². The highest BCUT2D eigenvalue weighted by atomic mass is 16.5. The van der Waals surface area contributed by atoms with Crippen LogP contribution in [0.25, 0.3) is 0 Å². The zero-order chi connectivity index (χ0) is 13.4. The van der Waals surface area contributed by atoms with Crippen LogP contribution in [-0.4, -0.2) is 29.8 Å².